The molecule has 2 aromatic carbocycles. The third-order valence-corrected chi connectivity index (χ3v) is 4.63. The normalized spacial score (nSPS) is 10.8. The molecule has 2 nitrogen and oxygen atoms in total. The molecule has 0 unspecified atom stereocenters. The van der Waals surface area contributed by atoms with Crippen molar-refractivity contribution < 1.29 is 0 Å². The lowest BCUT2D eigenvalue weighted by Gasteiger charge is -2.06. The van der Waals surface area contributed by atoms with Gasteiger partial charge in [0.15, 0.2) is 5.82 Å². The first-order chi connectivity index (χ1) is 12.3. The molecule has 0 saturated heterocycles. The van der Waals surface area contributed by atoms with Gasteiger partial charge in [-0.05, 0) is 36.0 Å². The lowest BCUT2D eigenvalue weighted by molar-refractivity contribution is 0.717. The summed E-state index contributed by atoms with van der Waals surface area (Å²) in [4.78, 5) is 9.12. The minimum Gasteiger partial charge on any atom is -0.236 e. The fraction of sp³-hybridized carbons (Fsp3) is 0.304. The summed E-state index contributed by atoms with van der Waals surface area (Å²) in [6.07, 6.45) is 9.87. The monoisotopic (exact) mass is 330 g/mol. The first-order valence-electron chi connectivity index (χ1n) is 9.31. The Labute approximate surface area is 151 Å². The van der Waals surface area contributed by atoms with E-state index in [1.165, 1.54) is 30.4 Å². The van der Waals surface area contributed by atoms with Crippen molar-refractivity contribution in [2.45, 2.75) is 46.0 Å². The van der Waals surface area contributed by atoms with Crippen LogP contribution < -0.4 is 0 Å². The molecule has 25 heavy (non-hydrogen) atoms. The Kier molecular flexibility index (Phi) is 5.95. The second-order valence-corrected chi connectivity index (χ2v) is 6.50. The predicted molar refractivity (Wildman–Crippen MR) is 106 cm³/mol. The molecule has 0 bridgehead atoms. The Morgan fingerprint density at radius 1 is 0.640 bits per heavy atom. The molecule has 0 spiro atoms. The molecular formula is C23H26N2. The smallest absolute Gasteiger partial charge is 0.159 e. The Hall–Kier alpha value is -2.48. The number of aromatic nitrogens is 2. The molecule has 0 aliphatic rings. The predicted octanol–water partition coefficient (Wildman–Crippen LogP) is 6.11. The molecule has 1 heterocycles. The summed E-state index contributed by atoms with van der Waals surface area (Å²) in [7, 11) is 0. The van der Waals surface area contributed by atoms with E-state index in [1.807, 2.05) is 12.4 Å². The Morgan fingerprint density at radius 2 is 1.24 bits per heavy atom. The van der Waals surface area contributed by atoms with Gasteiger partial charge in [-0.3, -0.25) is 0 Å². The van der Waals surface area contributed by atoms with Gasteiger partial charge in [0.25, 0.3) is 0 Å². The fourth-order valence-corrected chi connectivity index (χ4v) is 2.96. The average molecular weight is 330 g/mol. The van der Waals surface area contributed by atoms with E-state index >= 15 is 0 Å². The van der Waals surface area contributed by atoms with Crippen LogP contribution in [0.4, 0.5) is 0 Å². The molecule has 128 valence electrons. The van der Waals surface area contributed by atoms with E-state index in [2.05, 4.69) is 72.3 Å². The Balaban J connectivity index is 1.71. The number of benzene rings is 2. The largest absolute Gasteiger partial charge is 0.236 e. The van der Waals surface area contributed by atoms with Crippen LogP contribution in [-0.2, 0) is 12.8 Å². The van der Waals surface area contributed by atoms with Crippen LogP contribution in [0.5, 0.6) is 0 Å². The number of aryl methyl sites for hydroxylation is 2. The van der Waals surface area contributed by atoms with Gasteiger partial charge < -0.3 is 0 Å². The topological polar surface area (TPSA) is 25.8 Å². The zero-order valence-electron chi connectivity index (χ0n) is 15.2. The summed E-state index contributed by atoms with van der Waals surface area (Å²) in [5.41, 5.74) is 6.04. The van der Waals surface area contributed by atoms with Crippen LogP contribution in [0.25, 0.3) is 22.5 Å². The maximum Gasteiger partial charge on any atom is 0.159 e. The summed E-state index contributed by atoms with van der Waals surface area (Å²) < 4.78 is 0. The molecule has 0 amide bonds. The number of hydrogen-bond donors (Lipinski definition) is 0. The molecule has 0 aliphatic carbocycles. The van der Waals surface area contributed by atoms with E-state index < -0.39 is 0 Å². The molecule has 0 atom stereocenters. The highest BCUT2D eigenvalue weighted by Gasteiger charge is 2.04. The van der Waals surface area contributed by atoms with Gasteiger partial charge in [-0.25, -0.2) is 9.97 Å². The standard InChI is InChI=1S/C23H26N2/c1-3-5-6-7-19-10-14-21(15-11-19)23-24-16-22(17-25-23)20-12-8-18(4-2)9-13-20/h8-17H,3-7H2,1-2H3. The molecule has 0 radical (unpaired) electrons. The number of rotatable bonds is 7. The van der Waals surface area contributed by atoms with Crippen LogP contribution in [0.2, 0.25) is 0 Å². The van der Waals surface area contributed by atoms with Crippen molar-refractivity contribution in [3.63, 3.8) is 0 Å². The van der Waals surface area contributed by atoms with Gasteiger partial charge in [0.1, 0.15) is 0 Å². The maximum atomic E-state index is 4.56. The number of hydrogen-bond acceptors (Lipinski definition) is 2. The van der Waals surface area contributed by atoms with Crippen molar-refractivity contribution in [1.82, 2.24) is 9.97 Å². The van der Waals surface area contributed by atoms with E-state index in [0.717, 1.165) is 35.4 Å². The second kappa shape index (κ2) is 8.57. The number of unbranched alkanes of at least 4 members (excludes halogenated alkanes) is 2. The highest BCUT2D eigenvalue weighted by Crippen LogP contribution is 2.21. The Morgan fingerprint density at radius 3 is 1.84 bits per heavy atom. The molecule has 0 fully saturated rings. The van der Waals surface area contributed by atoms with E-state index in [0.29, 0.717) is 0 Å². The number of nitrogens with zero attached hydrogens (tertiary/aromatic N) is 2. The second-order valence-electron chi connectivity index (χ2n) is 6.50. The molecule has 0 aliphatic heterocycles. The van der Waals surface area contributed by atoms with Crippen molar-refractivity contribution in [1.29, 1.82) is 0 Å². The fourth-order valence-electron chi connectivity index (χ4n) is 2.96. The van der Waals surface area contributed by atoms with Gasteiger partial charge >= 0.3 is 0 Å². The van der Waals surface area contributed by atoms with Gasteiger partial charge in [-0.2, -0.15) is 0 Å². The van der Waals surface area contributed by atoms with Crippen molar-refractivity contribution in [2.24, 2.45) is 0 Å². The molecular weight excluding hydrogens is 304 g/mol. The van der Waals surface area contributed by atoms with Crippen molar-refractivity contribution in [3.8, 4) is 22.5 Å². The van der Waals surface area contributed by atoms with Crippen LogP contribution in [0, 0.1) is 0 Å². The van der Waals surface area contributed by atoms with Crippen molar-refractivity contribution >= 4 is 0 Å². The first kappa shape index (κ1) is 17.3. The highest BCUT2D eigenvalue weighted by molar-refractivity contribution is 5.64. The summed E-state index contributed by atoms with van der Waals surface area (Å²) in [5, 5.41) is 0. The first-order valence-corrected chi connectivity index (χ1v) is 9.31. The van der Waals surface area contributed by atoms with Crippen molar-refractivity contribution in [2.75, 3.05) is 0 Å². The molecule has 0 N–H and O–H groups in total. The molecule has 3 rings (SSSR count). The lowest BCUT2D eigenvalue weighted by Crippen LogP contribution is -1.91. The minimum atomic E-state index is 0.786. The summed E-state index contributed by atoms with van der Waals surface area (Å²) in [6.45, 7) is 4.41. The molecule has 3 aromatic rings. The quantitative estimate of drug-likeness (QED) is 0.489. The van der Waals surface area contributed by atoms with Gasteiger partial charge in [0, 0.05) is 23.5 Å². The van der Waals surface area contributed by atoms with E-state index in [4.69, 9.17) is 0 Å². The SMILES string of the molecule is CCCCCc1ccc(-c2ncc(-c3ccc(CC)cc3)cn2)cc1. The van der Waals surface area contributed by atoms with Crippen molar-refractivity contribution in [3.05, 3.63) is 72.1 Å². The zero-order chi connectivity index (χ0) is 17.5. The minimum absolute atomic E-state index is 0.786. The van der Waals surface area contributed by atoms with Gasteiger partial charge in [-0.1, -0.05) is 75.2 Å². The molecule has 1 aromatic heterocycles. The van der Waals surface area contributed by atoms with Crippen LogP contribution in [0.1, 0.15) is 44.2 Å². The molecule has 0 saturated carbocycles. The van der Waals surface area contributed by atoms with Crippen LogP contribution >= 0.6 is 0 Å². The van der Waals surface area contributed by atoms with E-state index in [1.54, 1.807) is 0 Å². The average Bonchev–Trinajstić information content (AvgIpc) is 2.69. The third kappa shape index (κ3) is 4.54. The van der Waals surface area contributed by atoms with Gasteiger partial charge in [0.2, 0.25) is 0 Å². The third-order valence-electron chi connectivity index (χ3n) is 4.63. The summed E-state index contributed by atoms with van der Waals surface area (Å²) >= 11 is 0. The zero-order valence-corrected chi connectivity index (χ0v) is 15.2. The van der Waals surface area contributed by atoms with Crippen LogP contribution in [0.15, 0.2) is 60.9 Å². The summed E-state index contributed by atoms with van der Waals surface area (Å²) in [6, 6.07) is 17.3. The van der Waals surface area contributed by atoms with Gasteiger partial charge in [0.05, 0.1) is 0 Å². The van der Waals surface area contributed by atoms with Crippen LogP contribution in [-0.4, -0.2) is 9.97 Å². The van der Waals surface area contributed by atoms with Gasteiger partial charge in [-0.15, -0.1) is 0 Å². The lowest BCUT2D eigenvalue weighted by atomic mass is 10.0. The van der Waals surface area contributed by atoms with E-state index in [9.17, 15) is 0 Å². The Bertz CT molecular complexity index is 772. The highest BCUT2D eigenvalue weighted by atomic mass is 14.9. The van der Waals surface area contributed by atoms with Crippen LogP contribution in [0.3, 0.4) is 0 Å². The van der Waals surface area contributed by atoms with E-state index in [-0.39, 0.29) is 0 Å². The molecule has 2 heteroatoms. The summed E-state index contributed by atoms with van der Waals surface area (Å²) in [5.74, 6) is 0.786. The maximum absolute atomic E-state index is 4.56.